The molecule has 2 saturated carbocycles. The summed E-state index contributed by atoms with van der Waals surface area (Å²) in [7, 11) is 0. The van der Waals surface area contributed by atoms with E-state index in [2.05, 4.69) is 5.32 Å². The molecule has 1 aromatic rings. The Bertz CT molecular complexity index is 419. The first-order chi connectivity index (χ1) is 9.15. The summed E-state index contributed by atoms with van der Waals surface area (Å²) in [5.74, 6) is 0.387. The van der Waals surface area contributed by atoms with Crippen LogP contribution in [-0.4, -0.2) is 23.3 Å². The molecule has 0 atom stereocenters. The van der Waals surface area contributed by atoms with Gasteiger partial charge in [-0.3, -0.25) is 0 Å². The van der Waals surface area contributed by atoms with Crippen LogP contribution in [0.2, 0.25) is 0 Å². The number of halogens is 1. The zero-order valence-corrected chi connectivity index (χ0v) is 11.2. The molecule has 2 N–H and O–H groups in total. The van der Waals surface area contributed by atoms with E-state index in [9.17, 15) is 9.50 Å². The summed E-state index contributed by atoms with van der Waals surface area (Å²) in [5.41, 5.74) is 0.778. The molecule has 0 spiro atoms. The lowest BCUT2D eigenvalue weighted by molar-refractivity contribution is 0.0405. The van der Waals surface area contributed by atoms with E-state index in [1.807, 2.05) is 12.1 Å². The van der Waals surface area contributed by atoms with Gasteiger partial charge < -0.3 is 10.4 Å². The van der Waals surface area contributed by atoms with Crippen LogP contribution in [-0.2, 0) is 0 Å². The highest BCUT2D eigenvalue weighted by atomic mass is 19.1. The summed E-state index contributed by atoms with van der Waals surface area (Å²) in [5, 5.41) is 13.8. The molecule has 0 saturated heterocycles. The highest BCUT2D eigenvalue weighted by molar-refractivity contribution is 5.23. The third kappa shape index (κ3) is 2.98. The maximum Gasteiger partial charge on any atom is 0.123 e. The van der Waals surface area contributed by atoms with E-state index in [0.717, 1.165) is 45.1 Å². The van der Waals surface area contributed by atoms with Gasteiger partial charge in [0.25, 0.3) is 0 Å². The van der Waals surface area contributed by atoms with Crippen LogP contribution in [0.25, 0.3) is 0 Å². The van der Waals surface area contributed by atoms with Crippen LogP contribution in [0.4, 0.5) is 4.39 Å². The molecule has 2 aliphatic carbocycles. The predicted molar refractivity (Wildman–Crippen MR) is 73.6 cm³/mol. The van der Waals surface area contributed by atoms with Crippen molar-refractivity contribution in [1.29, 1.82) is 0 Å². The summed E-state index contributed by atoms with van der Waals surface area (Å²) in [6.07, 6.45) is 6.38. The quantitative estimate of drug-likeness (QED) is 0.875. The monoisotopic (exact) mass is 263 g/mol. The van der Waals surface area contributed by atoms with Gasteiger partial charge in [-0.25, -0.2) is 4.39 Å². The third-order valence-electron chi connectivity index (χ3n) is 4.73. The van der Waals surface area contributed by atoms with Gasteiger partial charge in [-0.1, -0.05) is 25.0 Å². The minimum Gasteiger partial charge on any atom is -0.389 e. The number of nitrogens with one attached hydrogen (secondary N) is 1. The molecule has 0 bridgehead atoms. The molecule has 104 valence electrons. The molecule has 0 unspecified atom stereocenters. The fraction of sp³-hybridized carbons (Fsp3) is 0.625. The van der Waals surface area contributed by atoms with Crippen molar-refractivity contribution in [1.82, 2.24) is 5.32 Å². The first kappa shape index (κ1) is 13.1. The van der Waals surface area contributed by atoms with Gasteiger partial charge in [-0.05, 0) is 49.3 Å². The second kappa shape index (κ2) is 5.22. The third-order valence-corrected chi connectivity index (χ3v) is 4.73. The van der Waals surface area contributed by atoms with E-state index < -0.39 is 5.60 Å². The largest absolute Gasteiger partial charge is 0.389 e. The first-order valence-electron chi connectivity index (χ1n) is 7.36. The Labute approximate surface area is 114 Å². The first-order valence-corrected chi connectivity index (χ1v) is 7.36. The van der Waals surface area contributed by atoms with Crippen LogP contribution in [0.3, 0.4) is 0 Å². The topological polar surface area (TPSA) is 32.3 Å². The molecule has 3 rings (SSSR count). The molecular weight excluding hydrogens is 241 g/mol. The Morgan fingerprint density at radius 2 is 1.79 bits per heavy atom. The molecule has 19 heavy (non-hydrogen) atoms. The predicted octanol–water partition coefficient (Wildman–Crippen LogP) is 2.97. The lowest BCUT2D eigenvalue weighted by atomic mass is 9.75. The van der Waals surface area contributed by atoms with E-state index >= 15 is 0 Å². The lowest BCUT2D eigenvalue weighted by Crippen LogP contribution is -2.47. The zero-order valence-electron chi connectivity index (χ0n) is 11.2. The van der Waals surface area contributed by atoms with Crippen molar-refractivity contribution in [2.24, 2.45) is 0 Å². The molecule has 2 nitrogen and oxygen atoms in total. The van der Waals surface area contributed by atoms with Crippen molar-refractivity contribution in [2.45, 2.75) is 56.1 Å². The summed E-state index contributed by atoms with van der Waals surface area (Å²) in [4.78, 5) is 0. The molecule has 0 radical (unpaired) electrons. The van der Waals surface area contributed by atoms with Crippen molar-refractivity contribution in [3.8, 4) is 0 Å². The fourth-order valence-corrected chi connectivity index (χ4v) is 3.34. The van der Waals surface area contributed by atoms with Gasteiger partial charge in [0, 0.05) is 12.6 Å². The lowest BCUT2D eigenvalue weighted by Gasteiger charge is -2.38. The van der Waals surface area contributed by atoms with Crippen LogP contribution in [0, 0.1) is 5.82 Å². The molecule has 2 fully saturated rings. The van der Waals surface area contributed by atoms with Gasteiger partial charge >= 0.3 is 0 Å². The van der Waals surface area contributed by atoms with Crippen LogP contribution in [0.5, 0.6) is 0 Å². The van der Waals surface area contributed by atoms with E-state index in [4.69, 9.17) is 0 Å². The van der Waals surface area contributed by atoms with Crippen LogP contribution >= 0.6 is 0 Å². The van der Waals surface area contributed by atoms with Crippen molar-refractivity contribution in [2.75, 3.05) is 6.54 Å². The minimum absolute atomic E-state index is 0.166. The van der Waals surface area contributed by atoms with Crippen LogP contribution in [0.1, 0.15) is 50.0 Å². The molecular formula is C16H22FNO. The number of hydrogen-bond acceptors (Lipinski definition) is 2. The molecule has 0 aliphatic heterocycles. The summed E-state index contributed by atoms with van der Waals surface area (Å²) >= 11 is 0. The Balaban J connectivity index is 1.44. The fourth-order valence-electron chi connectivity index (χ4n) is 3.34. The summed E-state index contributed by atoms with van der Waals surface area (Å²) in [6.45, 7) is 0.730. The zero-order chi connectivity index (χ0) is 13.3. The van der Waals surface area contributed by atoms with Gasteiger partial charge in [0.15, 0.2) is 0 Å². The minimum atomic E-state index is -0.457. The molecule has 1 aromatic carbocycles. The van der Waals surface area contributed by atoms with E-state index in [1.165, 1.54) is 17.7 Å². The molecule has 0 amide bonds. The van der Waals surface area contributed by atoms with Gasteiger partial charge in [0.05, 0.1) is 5.60 Å². The van der Waals surface area contributed by atoms with Crippen LogP contribution < -0.4 is 5.32 Å². The molecule has 2 aliphatic rings. The average Bonchev–Trinajstić information content (AvgIpc) is 2.77. The number of benzene rings is 1. The number of hydrogen-bond donors (Lipinski definition) is 2. The summed E-state index contributed by atoms with van der Waals surface area (Å²) < 4.78 is 12.8. The average molecular weight is 263 g/mol. The van der Waals surface area contributed by atoms with Gasteiger partial charge in [0.1, 0.15) is 5.82 Å². The van der Waals surface area contributed by atoms with Gasteiger partial charge in [-0.2, -0.15) is 0 Å². The Morgan fingerprint density at radius 1 is 1.16 bits per heavy atom. The van der Waals surface area contributed by atoms with Crippen LogP contribution in [0.15, 0.2) is 24.3 Å². The number of aliphatic hydroxyl groups is 1. The Kier molecular flexibility index (Phi) is 3.59. The molecule has 0 heterocycles. The Hall–Kier alpha value is -0.930. The number of rotatable bonds is 4. The Morgan fingerprint density at radius 3 is 2.42 bits per heavy atom. The normalized spacial score (nSPS) is 29.2. The second-order valence-electron chi connectivity index (χ2n) is 6.23. The molecule has 0 aromatic heterocycles. The van der Waals surface area contributed by atoms with Crippen molar-refractivity contribution in [3.63, 3.8) is 0 Å². The highest BCUT2D eigenvalue weighted by Crippen LogP contribution is 2.37. The van der Waals surface area contributed by atoms with Gasteiger partial charge in [0.2, 0.25) is 0 Å². The smallest absolute Gasteiger partial charge is 0.123 e. The van der Waals surface area contributed by atoms with Crippen molar-refractivity contribution >= 4 is 0 Å². The SMILES string of the molecule is OC1(CNC2CC(c3ccc(F)cc3)C2)CCCC1. The highest BCUT2D eigenvalue weighted by Gasteiger charge is 2.35. The second-order valence-corrected chi connectivity index (χ2v) is 6.23. The van der Waals surface area contributed by atoms with E-state index in [0.29, 0.717) is 12.0 Å². The maximum atomic E-state index is 12.8. The summed E-state index contributed by atoms with van der Waals surface area (Å²) in [6, 6.07) is 7.37. The standard InChI is InChI=1S/C16H22FNO/c17-14-5-3-12(4-6-14)13-9-15(10-13)18-11-16(19)7-1-2-8-16/h3-6,13,15,18-19H,1-2,7-11H2. The maximum absolute atomic E-state index is 12.8. The van der Waals surface area contributed by atoms with Gasteiger partial charge in [-0.15, -0.1) is 0 Å². The van der Waals surface area contributed by atoms with Crippen molar-refractivity contribution in [3.05, 3.63) is 35.6 Å². The van der Waals surface area contributed by atoms with E-state index in [1.54, 1.807) is 0 Å². The van der Waals surface area contributed by atoms with E-state index in [-0.39, 0.29) is 5.82 Å². The molecule has 3 heteroatoms. The van der Waals surface area contributed by atoms with Crippen molar-refractivity contribution < 1.29 is 9.50 Å².